The number of rotatable bonds is 6. The molecule has 0 saturated heterocycles. The van der Waals surface area contributed by atoms with Crippen LogP contribution in [0.3, 0.4) is 0 Å². The molecule has 0 aliphatic heterocycles. The second-order valence-corrected chi connectivity index (χ2v) is 8.75. The Morgan fingerprint density at radius 2 is 1.78 bits per heavy atom. The van der Waals surface area contributed by atoms with Crippen molar-refractivity contribution < 1.29 is 14.3 Å². The van der Waals surface area contributed by atoms with Crippen LogP contribution in [-0.4, -0.2) is 28.5 Å². The highest BCUT2D eigenvalue weighted by Gasteiger charge is 2.19. The van der Waals surface area contributed by atoms with Crippen molar-refractivity contribution in [2.24, 2.45) is 0 Å². The fourth-order valence-electron chi connectivity index (χ4n) is 4.79. The van der Waals surface area contributed by atoms with Crippen LogP contribution in [0.4, 0.5) is 0 Å². The predicted octanol–water partition coefficient (Wildman–Crippen LogP) is 4.68. The molecule has 1 N–H and O–H groups in total. The third-order valence-corrected chi connectivity index (χ3v) is 6.55. The SMILES string of the molecule is COc1cccc(CNC(=O)C(C)Oc2ccc3c(c2)c2ccnc4c5ccccc5c(=O)n3c24)c1. The van der Waals surface area contributed by atoms with Gasteiger partial charge in [-0.05, 0) is 55.0 Å². The summed E-state index contributed by atoms with van der Waals surface area (Å²) in [5.74, 6) is 1.06. The lowest BCUT2D eigenvalue weighted by atomic mass is 10.1. The van der Waals surface area contributed by atoms with Gasteiger partial charge in [-0.1, -0.05) is 30.3 Å². The van der Waals surface area contributed by atoms with Gasteiger partial charge in [-0.2, -0.15) is 0 Å². The molecule has 3 aromatic carbocycles. The second-order valence-electron chi connectivity index (χ2n) is 8.75. The predicted molar refractivity (Wildman–Crippen MR) is 140 cm³/mol. The number of hydrogen-bond acceptors (Lipinski definition) is 5. The average Bonchev–Trinajstić information content (AvgIpc) is 3.25. The van der Waals surface area contributed by atoms with E-state index in [1.165, 1.54) is 0 Å². The average molecular weight is 478 g/mol. The fraction of sp³-hybridized carbons (Fsp3) is 0.138. The molecule has 36 heavy (non-hydrogen) atoms. The zero-order valence-corrected chi connectivity index (χ0v) is 19.8. The van der Waals surface area contributed by atoms with Crippen LogP contribution in [0.1, 0.15) is 12.5 Å². The number of nitrogens with one attached hydrogen (secondary N) is 1. The van der Waals surface area contributed by atoms with Crippen LogP contribution in [-0.2, 0) is 11.3 Å². The molecule has 7 nitrogen and oxygen atoms in total. The quantitative estimate of drug-likeness (QED) is 0.352. The van der Waals surface area contributed by atoms with Crippen LogP contribution < -0.4 is 20.3 Å². The number of amides is 1. The Bertz CT molecular complexity index is 1830. The van der Waals surface area contributed by atoms with E-state index in [0.717, 1.165) is 44.0 Å². The Kier molecular flexibility index (Phi) is 5.18. The van der Waals surface area contributed by atoms with E-state index in [-0.39, 0.29) is 11.5 Å². The molecule has 0 radical (unpaired) electrons. The van der Waals surface area contributed by atoms with Crippen LogP contribution in [0.5, 0.6) is 11.5 Å². The Hall–Kier alpha value is -4.65. The van der Waals surface area contributed by atoms with Gasteiger partial charge in [0.25, 0.3) is 11.5 Å². The van der Waals surface area contributed by atoms with E-state index in [2.05, 4.69) is 10.3 Å². The van der Waals surface area contributed by atoms with Crippen molar-refractivity contribution >= 4 is 44.0 Å². The summed E-state index contributed by atoms with van der Waals surface area (Å²) in [5.41, 5.74) is 3.21. The standard InChI is InChI=1S/C29H23N3O4/c1-17(28(33)31-16-18-6-5-7-19(14-18)35-2)36-20-10-11-25-24(15-20)22-12-13-30-26-21-8-3-4-9-23(21)29(34)32(25)27(22)26/h3-15,17H,16H2,1-2H3,(H,31,33). The first-order valence-corrected chi connectivity index (χ1v) is 11.7. The zero-order valence-electron chi connectivity index (χ0n) is 19.8. The van der Waals surface area contributed by atoms with Crippen molar-refractivity contribution in [1.82, 2.24) is 14.7 Å². The van der Waals surface area contributed by atoms with Gasteiger partial charge in [0.1, 0.15) is 11.5 Å². The molecule has 7 heteroatoms. The van der Waals surface area contributed by atoms with Gasteiger partial charge in [0.05, 0.1) is 23.7 Å². The Morgan fingerprint density at radius 3 is 2.61 bits per heavy atom. The number of hydrogen-bond donors (Lipinski definition) is 1. The Labute approximate surface area is 206 Å². The molecule has 0 aliphatic rings. The number of pyridine rings is 2. The van der Waals surface area contributed by atoms with Crippen molar-refractivity contribution in [2.45, 2.75) is 19.6 Å². The number of nitrogens with zero attached hydrogens (tertiary/aromatic N) is 2. The van der Waals surface area contributed by atoms with E-state index in [0.29, 0.717) is 17.7 Å². The van der Waals surface area contributed by atoms with Crippen LogP contribution in [0.25, 0.3) is 38.1 Å². The molecule has 1 amide bonds. The number of carbonyl (C=O) groups is 1. The molecule has 1 atom stereocenters. The van der Waals surface area contributed by atoms with Gasteiger partial charge in [-0.25, -0.2) is 0 Å². The summed E-state index contributed by atoms with van der Waals surface area (Å²) >= 11 is 0. The largest absolute Gasteiger partial charge is 0.497 e. The van der Waals surface area contributed by atoms with Gasteiger partial charge < -0.3 is 14.8 Å². The van der Waals surface area contributed by atoms with Gasteiger partial charge in [0, 0.05) is 34.3 Å². The molecule has 3 aromatic heterocycles. The summed E-state index contributed by atoms with van der Waals surface area (Å²) in [4.78, 5) is 30.7. The fourth-order valence-corrected chi connectivity index (χ4v) is 4.79. The highest BCUT2D eigenvalue weighted by molar-refractivity contribution is 6.18. The molecule has 0 bridgehead atoms. The normalized spacial score (nSPS) is 12.4. The van der Waals surface area contributed by atoms with Crippen LogP contribution in [0.2, 0.25) is 0 Å². The van der Waals surface area contributed by atoms with Gasteiger partial charge in [0.2, 0.25) is 0 Å². The maximum atomic E-state index is 13.4. The third kappa shape index (κ3) is 3.48. The van der Waals surface area contributed by atoms with Gasteiger partial charge in [-0.3, -0.25) is 19.0 Å². The van der Waals surface area contributed by atoms with E-state index >= 15 is 0 Å². The van der Waals surface area contributed by atoms with Gasteiger partial charge in [-0.15, -0.1) is 0 Å². The summed E-state index contributed by atoms with van der Waals surface area (Å²) < 4.78 is 13.0. The molecule has 6 rings (SSSR count). The van der Waals surface area contributed by atoms with Crippen LogP contribution in [0.15, 0.2) is 83.8 Å². The minimum Gasteiger partial charge on any atom is -0.497 e. The smallest absolute Gasteiger partial charge is 0.263 e. The first kappa shape index (κ1) is 21.9. The van der Waals surface area contributed by atoms with Crippen LogP contribution >= 0.6 is 0 Å². The van der Waals surface area contributed by atoms with E-state index in [1.54, 1.807) is 30.7 Å². The zero-order chi connectivity index (χ0) is 24.8. The molecular formula is C29H23N3O4. The first-order valence-electron chi connectivity index (χ1n) is 11.7. The highest BCUT2D eigenvalue weighted by atomic mass is 16.5. The Morgan fingerprint density at radius 1 is 0.944 bits per heavy atom. The molecule has 3 heterocycles. The summed E-state index contributed by atoms with van der Waals surface area (Å²) in [6, 6.07) is 22.5. The lowest BCUT2D eigenvalue weighted by molar-refractivity contribution is -0.127. The number of aromatic nitrogens is 2. The second kappa shape index (κ2) is 8.53. The molecule has 6 aromatic rings. The Balaban J connectivity index is 1.33. The topological polar surface area (TPSA) is 81.9 Å². The van der Waals surface area contributed by atoms with E-state index < -0.39 is 6.10 Å². The summed E-state index contributed by atoms with van der Waals surface area (Å²) in [5, 5.41) is 6.16. The third-order valence-electron chi connectivity index (χ3n) is 6.55. The van der Waals surface area contributed by atoms with Crippen LogP contribution in [0, 0.1) is 0 Å². The van der Waals surface area contributed by atoms with Gasteiger partial charge in [0.15, 0.2) is 6.10 Å². The number of benzene rings is 3. The molecule has 178 valence electrons. The maximum absolute atomic E-state index is 13.4. The van der Waals surface area contributed by atoms with Crippen molar-refractivity contribution in [3.05, 3.63) is 94.9 Å². The monoisotopic (exact) mass is 477 g/mol. The van der Waals surface area contributed by atoms with Gasteiger partial charge >= 0.3 is 0 Å². The van der Waals surface area contributed by atoms with Crippen molar-refractivity contribution in [2.75, 3.05) is 7.11 Å². The minimum atomic E-state index is -0.708. The molecular weight excluding hydrogens is 454 g/mol. The van der Waals surface area contributed by atoms with Crippen molar-refractivity contribution in [1.29, 1.82) is 0 Å². The van der Waals surface area contributed by atoms with Crippen molar-refractivity contribution in [3.63, 3.8) is 0 Å². The maximum Gasteiger partial charge on any atom is 0.263 e. The molecule has 0 fully saturated rings. The lowest BCUT2D eigenvalue weighted by Crippen LogP contribution is -2.35. The number of carbonyl (C=O) groups excluding carboxylic acids is 1. The van der Waals surface area contributed by atoms with E-state index in [1.807, 2.05) is 66.7 Å². The minimum absolute atomic E-state index is 0.0787. The number of fused-ring (bicyclic) bond motifs is 5. The van der Waals surface area contributed by atoms with E-state index in [4.69, 9.17) is 9.47 Å². The summed E-state index contributed by atoms with van der Waals surface area (Å²) in [6.07, 6.45) is 1.05. The molecule has 1 unspecified atom stereocenters. The molecule has 0 aliphatic carbocycles. The highest BCUT2D eigenvalue weighted by Crippen LogP contribution is 2.34. The number of methoxy groups -OCH3 is 1. The lowest BCUT2D eigenvalue weighted by Gasteiger charge is -2.15. The first-order chi connectivity index (χ1) is 17.5. The van der Waals surface area contributed by atoms with E-state index in [9.17, 15) is 9.59 Å². The molecule has 0 spiro atoms. The van der Waals surface area contributed by atoms with Crippen molar-refractivity contribution in [3.8, 4) is 11.5 Å². The summed E-state index contributed by atoms with van der Waals surface area (Å²) in [7, 11) is 1.61. The molecule has 0 saturated carbocycles. The summed E-state index contributed by atoms with van der Waals surface area (Å²) in [6.45, 7) is 2.08. The number of ether oxygens (including phenoxy) is 2.